The summed E-state index contributed by atoms with van der Waals surface area (Å²) in [5.41, 5.74) is 0. The fourth-order valence-electron chi connectivity index (χ4n) is 1.32. The average Bonchev–Trinajstić information content (AvgIpc) is 2.41. The van der Waals surface area contributed by atoms with Crippen LogP contribution in [0.15, 0.2) is 0 Å². The Morgan fingerprint density at radius 1 is 1.30 bits per heavy atom. The van der Waals surface area contributed by atoms with E-state index in [-0.39, 0.29) is 0 Å². The number of hydrogen-bond acceptors (Lipinski definition) is 3. The molecule has 0 saturated heterocycles. The van der Waals surface area contributed by atoms with Crippen LogP contribution in [0.3, 0.4) is 0 Å². The lowest BCUT2D eigenvalue weighted by atomic mass is 10.1. The molecule has 3 nitrogen and oxygen atoms in total. The minimum atomic E-state index is 0.670. The van der Waals surface area contributed by atoms with Crippen LogP contribution in [0.5, 0.6) is 0 Å². The molecule has 0 spiro atoms. The highest BCUT2D eigenvalue weighted by atomic mass is 127. The lowest BCUT2D eigenvalue weighted by molar-refractivity contribution is -0.450. The molecule has 0 unspecified atom stereocenters. The third-order valence-electron chi connectivity index (χ3n) is 1.85. The molecule has 0 amide bonds. The second-order valence-corrected chi connectivity index (χ2v) is 2.93. The highest BCUT2D eigenvalue weighted by molar-refractivity contribution is 14.1. The van der Waals surface area contributed by atoms with Gasteiger partial charge >= 0.3 is 0 Å². The lowest BCUT2D eigenvalue weighted by Gasteiger charge is -2.05. The van der Waals surface area contributed by atoms with E-state index in [2.05, 4.69) is 8.26 Å². The van der Waals surface area contributed by atoms with E-state index < -0.39 is 0 Å². The normalized spacial score (nSPS) is 20.1. The smallest absolute Gasteiger partial charge is 0.158 e. The van der Waals surface area contributed by atoms with Crippen molar-refractivity contribution in [3.8, 4) is 0 Å². The van der Waals surface area contributed by atoms with E-state index in [1.807, 2.05) is 0 Å². The molecular formula is C6H11IO3. The maximum atomic E-state index is 4.74. The van der Waals surface area contributed by atoms with Gasteiger partial charge in [0.25, 0.3) is 0 Å². The zero-order chi connectivity index (χ0) is 7.23. The van der Waals surface area contributed by atoms with E-state index in [9.17, 15) is 0 Å². The van der Waals surface area contributed by atoms with E-state index in [0.717, 1.165) is 0 Å². The molecule has 0 atom stereocenters. The summed E-state index contributed by atoms with van der Waals surface area (Å²) >= 11 is 1.63. The van der Waals surface area contributed by atoms with Crippen LogP contribution in [0.2, 0.25) is 0 Å². The maximum absolute atomic E-state index is 4.74. The van der Waals surface area contributed by atoms with Crippen molar-refractivity contribution in [2.45, 2.75) is 25.7 Å². The summed E-state index contributed by atoms with van der Waals surface area (Å²) < 4.78 is 4.25. The van der Waals surface area contributed by atoms with Gasteiger partial charge in [-0.25, -0.2) is 4.89 Å². The van der Waals surface area contributed by atoms with Crippen molar-refractivity contribution in [1.82, 2.24) is 0 Å². The minimum Gasteiger partial charge on any atom is -0.205 e. The summed E-state index contributed by atoms with van der Waals surface area (Å²) in [5, 5.41) is 4.28. The van der Waals surface area contributed by atoms with Gasteiger partial charge < -0.3 is 0 Å². The lowest BCUT2D eigenvalue weighted by Crippen LogP contribution is -2.04. The predicted molar refractivity (Wildman–Crippen MR) is 44.1 cm³/mol. The average molecular weight is 258 g/mol. The van der Waals surface area contributed by atoms with Gasteiger partial charge in [0.05, 0.1) is 6.61 Å². The van der Waals surface area contributed by atoms with E-state index in [1.54, 1.807) is 23.0 Å². The Bertz CT molecular complexity index is 83.1. The van der Waals surface area contributed by atoms with Gasteiger partial charge in [0, 0.05) is 0 Å². The summed E-state index contributed by atoms with van der Waals surface area (Å²) in [4.78, 5) is 4.74. The van der Waals surface area contributed by atoms with Crippen molar-refractivity contribution in [2.75, 3.05) is 6.61 Å². The van der Waals surface area contributed by atoms with Crippen LogP contribution in [0.25, 0.3) is 0 Å². The van der Waals surface area contributed by atoms with Crippen LogP contribution in [-0.2, 0) is 13.1 Å². The van der Waals surface area contributed by atoms with Gasteiger partial charge in [-0.15, -0.1) is 3.22 Å². The van der Waals surface area contributed by atoms with E-state index in [0.29, 0.717) is 12.5 Å². The molecular weight excluding hydrogens is 247 g/mol. The van der Waals surface area contributed by atoms with Crippen molar-refractivity contribution >= 4 is 23.0 Å². The van der Waals surface area contributed by atoms with Crippen molar-refractivity contribution in [1.29, 1.82) is 0 Å². The number of hydrogen-bond donors (Lipinski definition) is 0. The predicted octanol–water partition coefficient (Wildman–Crippen LogP) is 2.41. The second-order valence-electron chi connectivity index (χ2n) is 2.57. The molecule has 4 heteroatoms. The van der Waals surface area contributed by atoms with Crippen molar-refractivity contribution in [3.05, 3.63) is 0 Å². The van der Waals surface area contributed by atoms with Gasteiger partial charge in [-0.05, 0) is 18.8 Å². The first-order chi connectivity index (χ1) is 4.93. The second kappa shape index (κ2) is 5.29. The van der Waals surface area contributed by atoms with Crippen LogP contribution >= 0.6 is 23.0 Å². The SMILES string of the molecule is IOOOCC1CCCC1. The van der Waals surface area contributed by atoms with Gasteiger partial charge in [-0.3, -0.25) is 0 Å². The molecule has 10 heavy (non-hydrogen) atoms. The maximum Gasteiger partial charge on any atom is 0.158 e. The van der Waals surface area contributed by atoms with Crippen LogP contribution in [-0.4, -0.2) is 6.61 Å². The van der Waals surface area contributed by atoms with Crippen molar-refractivity contribution < 1.29 is 13.1 Å². The molecule has 0 aromatic rings. The van der Waals surface area contributed by atoms with Crippen LogP contribution < -0.4 is 0 Å². The Morgan fingerprint density at radius 3 is 2.60 bits per heavy atom. The molecule has 1 aliphatic rings. The summed E-state index contributed by atoms with van der Waals surface area (Å²) in [6.07, 6.45) is 5.20. The Kier molecular flexibility index (Phi) is 4.60. The van der Waals surface area contributed by atoms with Gasteiger partial charge in [-0.1, -0.05) is 17.9 Å². The fourth-order valence-corrected chi connectivity index (χ4v) is 1.42. The quantitative estimate of drug-likeness (QED) is 0.335. The molecule has 1 saturated carbocycles. The van der Waals surface area contributed by atoms with E-state index in [1.165, 1.54) is 25.7 Å². The molecule has 1 rings (SSSR count). The first-order valence-corrected chi connectivity index (χ1v) is 4.38. The summed E-state index contributed by atoms with van der Waals surface area (Å²) in [7, 11) is 0. The Balaban J connectivity index is 1.91. The third-order valence-corrected chi connectivity index (χ3v) is 2.00. The Labute approximate surface area is 74.6 Å². The molecule has 0 N–H and O–H groups in total. The zero-order valence-electron chi connectivity index (χ0n) is 5.72. The molecule has 0 heterocycles. The first kappa shape index (κ1) is 8.70. The summed E-state index contributed by atoms with van der Waals surface area (Å²) in [6, 6.07) is 0. The standard InChI is InChI=1S/C6H11IO3/c7-9-10-8-5-6-3-1-2-4-6/h6H,1-5H2. The van der Waals surface area contributed by atoms with Gasteiger partial charge in [0.15, 0.2) is 23.0 Å². The Hall–Kier alpha value is 0.610. The molecule has 0 aromatic heterocycles. The largest absolute Gasteiger partial charge is 0.205 e. The topological polar surface area (TPSA) is 27.7 Å². The van der Waals surface area contributed by atoms with Gasteiger partial charge in [-0.2, -0.15) is 0 Å². The highest BCUT2D eigenvalue weighted by Gasteiger charge is 2.15. The molecule has 0 aliphatic heterocycles. The van der Waals surface area contributed by atoms with Gasteiger partial charge in [0.1, 0.15) is 0 Å². The summed E-state index contributed by atoms with van der Waals surface area (Å²) in [6.45, 7) is 0.670. The number of rotatable bonds is 4. The fraction of sp³-hybridized carbons (Fsp3) is 1.00. The zero-order valence-corrected chi connectivity index (χ0v) is 7.87. The molecule has 0 bridgehead atoms. The molecule has 1 aliphatic carbocycles. The molecule has 0 aromatic carbocycles. The highest BCUT2D eigenvalue weighted by Crippen LogP contribution is 2.24. The molecule has 1 fully saturated rings. The summed E-state index contributed by atoms with van der Waals surface area (Å²) in [5.74, 6) is 0.687. The monoisotopic (exact) mass is 258 g/mol. The minimum absolute atomic E-state index is 0.670. The van der Waals surface area contributed by atoms with Crippen LogP contribution in [0, 0.1) is 5.92 Å². The van der Waals surface area contributed by atoms with Crippen molar-refractivity contribution in [3.63, 3.8) is 0 Å². The van der Waals surface area contributed by atoms with Crippen molar-refractivity contribution in [2.24, 2.45) is 5.92 Å². The molecule has 60 valence electrons. The van der Waals surface area contributed by atoms with Gasteiger partial charge in [0.2, 0.25) is 0 Å². The molecule has 0 radical (unpaired) electrons. The van der Waals surface area contributed by atoms with E-state index in [4.69, 9.17) is 4.89 Å². The van der Waals surface area contributed by atoms with Crippen LogP contribution in [0.4, 0.5) is 0 Å². The number of halogens is 1. The first-order valence-electron chi connectivity index (χ1n) is 3.50. The van der Waals surface area contributed by atoms with E-state index >= 15 is 0 Å². The van der Waals surface area contributed by atoms with Crippen LogP contribution in [0.1, 0.15) is 25.7 Å². The third kappa shape index (κ3) is 3.14. The Morgan fingerprint density at radius 2 is 2.00 bits per heavy atom.